The van der Waals surface area contributed by atoms with Crippen LogP contribution < -0.4 is 4.72 Å². The third kappa shape index (κ3) is 5.71. The van der Waals surface area contributed by atoms with E-state index in [1.54, 1.807) is 17.0 Å². The van der Waals surface area contributed by atoms with Crippen molar-refractivity contribution in [3.05, 3.63) is 29.8 Å². The number of carbonyl (C=O) groups excluding carboxylic acids is 2. The number of esters is 1. The number of nitrogens with zero attached hydrogens (tertiary/aromatic N) is 1. The molecule has 1 aromatic carbocycles. The van der Waals surface area contributed by atoms with Crippen molar-refractivity contribution in [3.8, 4) is 0 Å². The molecule has 8 nitrogen and oxygen atoms in total. The molecule has 9 heteroatoms. The number of hydrogen-bond donors (Lipinski definition) is 1. The summed E-state index contributed by atoms with van der Waals surface area (Å²) in [4.78, 5) is 26.0. The molecule has 1 saturated heterocycles. The minimum absolute atomic E-state index is 0.0458. The van der Waals surface area contributed by atoms with Gasteiger partial charge in [0.1, 0.15) is 0 Å². The number of benzene rings is 1. The second-order valence-electron chi connectivity index (χ2n) is 6.05. The molecule has 1 heterocycles. The molecular formula is C16H22N2O6S. The van der Waals surface area contributed by atoms with E-state index < -0.39 is 22.6 Å². The smallest absolute Gasteiger partial charge is 0.340 e. The Morgan fingerprint density at radius 2 is 1.84 bits per heavy atom. The SMILES string of the molecule is C[C@@H]1CN(C(=O)COC(=O)c2ccccc2NS(C)(=O)=O)C[C@@H](C)O1. The molecule has 0 aliphatic carbocycles. The zero-order chi connectivity index (χ0) is 18.6. The lowest BCUT2D eigenvalue weighted by Gasteiger charge is -2.35. The lowest BCUT2D eigenvalue weighted by Crippen LogP contribution is -2.49. The van der Waals surface area contributed by atoms with Crippen molar-refractivity contribution in [1.82, 2.24) is 4.90 Å². The molecule has 2 rings (SSSR count). The molecule has 0 aromatic heterocycles. The molecule has 0 radical (unpaired) electrons. The number of anilines is 1. The highest BCUT2D eigenvalue weighted by molar-refractivity contribution is 7.92. The summed E-state index contributed by atoms with van der Waals surface area (Å²) in [7, 11) is -3.54. The Kier molecular flexibility index (Phi) is 6.02. The summed E-state index contributed by atoms with van der Waals surface area (Å²) >= 11 is 0. The van der Waals surface area contributed by atoms with Crippen molar-refractivity contribution >= 4 is 27.6 Å². The van der Waals surface area contributed by atoms with Crippen LogP contribution in [0.3, 0.4) is 0 Å². The van der Waals surface area contributed by atoms with Gasteiger partial charge in [0.2, 0.25) is 10.0 Å². The maximum Gasteiger partial charge on any atom is 0.340 e. The summed E-state index contributed by atoms with van der Waals surface area (Å²) in [6.45, 7) is 4.20. The van der Waals surface area contributed by atoms with Crippen LogP contribution in [0.5, 0.6) is 0 Å². The molecular weight excluding hydrogens is 348 g/mol. The van der Waals surface area contributed by atoms with Crippen LogP contribution in [0.4, 0.5) is 5.69 Å². The summed E-state index contributed by atoms with van der Waals surface area (Å²) in [5, 5.41) is 0. The van der Waals surface area contributed by atoms with Gasteiger partial charge in [-0.15, -0.1) is 0 Å². The second kappa shape index (κ2) is 7.83. The molecule has 1 aliphatic rings. The number of hydrogen-bond acceptors (Lipinski definition) is 6. The molecule has 1 aliphatic heterocycles. The van der Waals surface area contributed by atoms with Gasteiger partial charge in [-0.05, 0) is 26.0 Å². The maximum atomic E-state index is 12.2. The zero-order valence-electron chi connectivity index (χ0n) is 14.4. The van der Waals surface area contributed by atoms with Gasteiger partial charge in [-0.25, -0.2) is 13.2 Å². The second-order valence-corrected chi connectivity index (χ2v) is 7.80. The van der Waals surface area contributed by atoms with Gasteiger partial charge in [0, 0.05) is 13.1 Å². The highest BCUT2D eigenvalue weighted by atomic mass is 32.2. The quantitative estimate of drug-likeness (QED) is 0.771. The van der Waals surface area contributed by atoms with Crippen LogP contribution in [0.15, 0.2) is 24.3 Å². The van der Waals surface area contributed by atoms with Gasteiger partial charge in [-0.1, -0.05) is 12.1 Å². The number of para-hydroxylation sites is 1. The fourth-order valence-corrected chi connectivity index (χ4v) is 3.21. The largest absolute Gasteiger partial charge is 0.452 e. The lowest BCUT2D eigenvalue weighted by molar-refractivity contribution is -0.146. The van der Waals surface area contributed by atoms with Crippen LogP contribution in [0.25, 0.3) is 0 Å². The van der Waals surface area contributed by atoms with E-state index in [9.17, 15) is 18.0 Å². The Balaban J connectivity index is 2.00. The van der Waals surface area contributed by atoms with Gasteiger partial charge in [0.15, 0.2) is 6.61 Å². The Morgan fingerprint density at radius 3 is 2.44 bits per heavy atom. The first-order valence-corrected chi connectivity index (χ1v) is 9.72. The van der Waals surface area contributed by atoms with Crippen LogP contribution in [0, 0.1) is 0 Å². The summed E-state index contributed by atoms with van der Waals surface area (Å²) in [6.07, 6.45) is 0.825. The third-order valence-corrected chi connectivity index (χ3v) is 4.13. The van der Waals surface area contributed by atoms with Gasteiger partial charge in [-0.2, -0.15) is 0 Å². The van der Waals surface area contributed by atoms with Crippen molar-refractivity contribution in [3.63, 3.8) is 0 Å². The Morgan fingerprint density at radius 1 is 1.24 bits per heavy atom. The van der Waals surface area contributed by atoms with Crippen LogP contribution in [0.1, 0.15) is 24.2 Å². The van der Waals surface area contributed by atoms with E-state index in [4.69, 9.17) is 9.47 Å². The summed E-state index contributed by atoms with van der Waals surface area (Å²) < 4.78 is 35.6. The number of ether oxygens (including phenoxy) is 2. The number of carbonyl (C=O) groups is 2. The fraction of sp³-hybridized carbons (Fsp3) is 0.500. The fourth-order valence-electron chi connectivity index (χ4n) is 2.63. The van der Waals surface area contributed by atoms with E-state index in [1.165, 1.54) is 12.1 Å². The van der Waals surface area contributed by atoms with Crippen LogP contribution in [-0.4, -0.2) is 63.4 Å². The molecule has 138 valence electrons. The molecule has 0 saturated carbocycles. The molecule has 0 bridgehead atoms. The van der Waals surface area contributed by atoms with Crippen molar-refractivity contribution in [2.75, 3.05) is 30.7 Å². The van der Waals surface area contributed by atoms with Gasteiger partial charge < -0.3 is 14.4 Å². The van der Waals surface area contributed by atoms with Crippen LogP contribution in [-0.2, 0) is 24.3 Å². The van der Waals surface area contributed by atoms with Crippen molar-refractivity contribution in [2.24, 2.45) is 0 Å². The average molecular weight is 370 g/mol. The standard InChI is InChI=1S/C16H22N2O6S/c1-11-8-18(9-12(2)24-11)15(19)10-23-16(20)13-6-4-5-7-14(13)17-25(3,21)22/h4-7,11-12,17H,8-10H2,1-3H3/t11-,12-/m1/s1. The van der Waals surface area contributed by atoms with Crippen molar-refractivity contribution in [2.45, 2.75) is 26.1 Å². The maximum absolute atomic E-state index is 12.2. The van der Waals surface area contributed by atoms with E-state index in [-0.39, 0.29) is 29.4 Å². The van der Waals surface area contributed by atoms with E-state index in [1.807, 2.05) is 13.8 Å². The van der Waals surface area contributed by atoms with Gasteiger partial charge in [0.05, 0.1) is 29.7 Å². The molecule has 1 fully saturated rings. The number of morpholine rings is 1. The summed E-state index contributed by atoms with van der Waals surface area (Å²) in [5.41, 5.74) is 0.153. The number of sulfonamides is 1. The van der Waals surface area contributed by atoms with Gasteiger partial charge in [0.25, 0.3) is 5.91 Å². The van der Waals surface area contributed by atoms with E-state index in [2.05, 4.69) is 4.72 Å². The molecule has 2 atom stereocenters. The zero-order valence-corrected chi connectivity index (χ0v) is 15.2. The first-order chi connectivity index (χ1) is 11.7. The first-order valence-electron chi connectivity index (χ1n) is 7.83. The molecule has 1 amide bonds. The topological polar surface area (TPSA) is 102 Å². The Labute approximate surface area is 147 Å². The average Bonchev–Trinajstić information content (AvgIpc) is 2.50. The molecule has 1 N–H and O–H groups in total. The predicted molar refractivity (Wildman–Crippen MR) is 91.8 cm³/mol. The van der Waals surface area contributed by atoms with Crippen LogP contribution in [0.2, 0.25) is 0 Å². The number of rotatable bonds is 5. The van der Waals surface area contributed by atoms with Crippen molar-refractivity contribution in [1.29, 1.82) is 0 Å². The molecule has 0 spiro atoms. The Hall–Kier alpha value is -2.13. The molecule has 25 heavy (non-hydrogen) atoms. The minimum Gasteiger partial charge on any atom is -0.452 e. The van der Waals surface area contributed by atoms with Crippen molar-refractivity contribution < 1.29 is 27.5 Å². The highest BCUT2D eigenvalue weighted by Crippen LogP contribution is 2.17. The predicted octanol–water partition coefficient (Wildman–Crippen LogP) is 0.851. The minimum atomic E-state index is -3.54. The lowest BCUT2D eigenvalue weighted by atomic mass is 10.2. The van der Waals surface area contributed by atoms with E-state index in [0.29, 0.717) is 13.1 Å². The normalized spacial score (nSPS) is 20.8. The van der Waals surface area contributed by atoms with Gasteiger partial charge >= 0.3 is 5.97 Å². The first kappa shape index (κ1) is 19.2. The summed E-state index contributed by atoms with van der Waals surface area (Å²) in [5.74, 6) is -1.08. The van der Waals surface area contributed by atoms with Crippen LogP contribution >= 0.6 is 0 Å². The van der Waals surface area contributed by atoms with E-state index in [0.717, 1.165) is 6.26 Å². The number of amides is 1. The summed E-state index contributed by atoms with van der Waals surface area (Å²) in [6, 6.07) is 6.05. The highest BCUT2D eigenvalue weighted by Gasteiger charge is 2.26. The van der Waals surface area contributed by atoms with E-state index >= 15 is 0 Å². The van der Waals surface area contributed by atoms with Gasteiger partial charge in [-0.3, -0.25) is 9.52 Å². The monoisotopic (exact) mass is 370 g/mol. The Bertz CT molecular complexity index is 739. The third-order valence-electron chi connectivity index (χ3n) is 3.54. The molecule has 0 unspecified atom stereocenters. The molecule has 1 aromatic rings. The number of nitrogens with one attached hydrogen (secondary N) is 1.